The summed E-state index contributed by atoms with van der Waals surface area (Å²) in [6, 6.07) is 11.4. The summed E-state index contributed by atoms with van der Waals surface area (Å²) in [5, 5.41) is 17.4. The molecule has 0 fully saturated rings. The normalized spacial score (nSPS) is 12.4. The molecule has 0 saturated carbocycles. The van der Waals surface area contributed by atoms with Crippen LogP contribution in [-0.2, 0) is 0 Å². The second-order valence-electron chi connectivity index (χ2n) is 4.89. The van der Waals surface area contributed by atoms with Gasteiger partial charge in [-0.1, -0.05) is 41.7 Å². The predicted octanol–water partition coefficient (Wildman–Crippen LogP) is 1.73. The van der Waals surface area contributed by atoms with Crippen LogP contribution in [0.1, 0.15) is 17.9 Å². The van der Waals surface area contributed by atoms with Gasteiger partial charge in [0.15, 0.2) is 0 Å². The fourth-order valence-electron chi connectivity index (χ4n) is 2.29. The van der Waals surface area contributed by atoms with Crippen LogP contribution in [0, 0.1) is 0 Å². The number of rotatable bonds is 6. The third-order valence-electron chi connectivity index (χ3n) is 3.42. The monoisotopic (exact) mass is 316 g/mol. The first-order valence-corrected chi connectivity index (χ1v) is 7.84. The fraction of sp³-hybridized carbons (Fsp3) is 0.267. The Kier molecular flexibility index (Phi) is 4.45. The van der Waals surface area contributed by atoms with Crippen molar-refractivity contribution >= 4 is 21.4 Å². The molecule has 0 amide bonds. The first-order chi connectivity index (χ1) is 10.8. The van der Waals surface area contributed by atoms with Crippen molar-refractivity contribution in [2.24, 2.45) is 0 Å². The molecule has 0 aliphatic rings. The molecule has 3 aromatic rings. The molecule has 3 rings (SSSR count). The van der Waals surface area contributed by atoms with Crippen molar-refractivity contribution in [3.63, 3.8) is 0 Å². The average molecular weight is 316 g/mol. The SMILES string of the molecule is O=c1ccnc2sc(NCC(CCO)c3ccccc3)nn12. The molecule has 0 saturated heterocycles. The van der Waals surface area contributed by atoms with Crippen LogP contribution < -0.4 is 10.9 Å². The highest BCUT2D eigenvalue weighted by atomic mass is 32.1. The summed E-state index contributed by atoms with van der Waals surface area (Å²) in [6.07, 6.45) is 2.15. The molecule has 6 nitrogen and oxygen atoms in total. The number of anilines is 1. The van der Waals surface area contributed by atoms with Gasteiger partial charge in [0.1, 0.15) is 0 Å². The summed E-state index contributed by atoms with van der Waals surface area (Å²) < 4.78 is 1.29. The van der Waals surface area contributed by atoms with E-state index in [0.717, 1.165) is 0 Å². The van der Waals surface area contributed by atoms with E-state index in [9.17, 15) is 9.90 Å². The van der Waals surface area contributed by atoms with E-state index in [4.69, 9.17) is 0 Å². The Hall–Kier alpha value is -2.25. The van der Waals surface area contributed by atoms with Crippen LogP contribution in [0.15, 0.2) is 47.4 Å². The zero-order valence-electron chi connectivity index (χ0n) is 11.8. The standard InChI is InChI=1S/C15H16N4O2S/c20-9-7-12(11-4-2-1-3-5-11)10-17-14-18-19-13(21)6-8-16-15(19)22-14/h1-6,8,12,20H,7,9-10H2,(H,17,18). The quantitative estimate of drug-likeness (QED) is 0.724. The Morgan fingerprint density at radius 2 is 2.09 bits per heavy atom. The molecule has 1 unspecified atom stereocenters. The van der Waals surface area contributed by atoms with Gasteiger partial charge in [-0.25, -0.2) is 4.98 Å². The van der Waals surface area contributed by atoms with Crippen LogP contribution in [0.4, 0.5) is 5.13 Å². The molecule has 2 N–H and O–H groups in total. The Morgan fingerprint density at radius 1 is 1.27 bits per heavy atom. The molecule has 0 aliphatic heterocycles. The topological polar surface area (TPSA) is 79.5 Å². The van der Waals surface area contributed by atoms with E-state index in [0.29, 0.717) is 23.1 Å². The van der Waals surface area contributed by atoms with Crippen LogP contribution in [-0.4, -0.2) is 32.9 Å². The molecule has 22 heavy (non-hydrogen) atoms. The second kappa shape index (κ2) is 6.67. The fourth-order valence-corrected chi connectivity index (χ4v) is 3.08. The van der Waals surface area contributed by atoms with Crippen LogP contribution in [0.3, 0.4) is 0 Å². The number of nitrogens with zero attached hydrogens (tertiary/aromatic N) is 3. The second-order valence-corrected chi connectivity index (χ2v) is 5.84. The number of nitrogens with one attached hydrogen (secondary N) is 1. The molecular formula is C15H16N4O2S. The van der Waals surface area contributed by atoms with Gasteiger partial charge in [0.05, 0.1) is 0 Å². The van der Waals surface area contributed by atoms with Crippen LogP contribution in [0.2, 0.25) is 0 Å². The maximum Gasteiger partial charge on any atom is 0.275 e. The highest BCUT2D eigenvalue weighted by molar-refractivity contribution is 7.20. The number of hydrogen-bond acceptors (Lipinski definition) is 6. The predicted molar refractivity (Wildman–Crippen MR) is 86.5 cm³/mol. The molecule has 0 spiro atoms. The average Bonchev–Trinajstić information content (AvgIpc) is 2.97. The first kappa shape index (κ1) is 14.7. The van der Waals surface area contributed by atoms with Crippen molar-refractivity contribution in [3.05, 3.63) is 58.5 Å². The summed E-state index contributed by atoms with van der Waals surface area (Å²) in [5.74, 6) is 0.183. The van der Waals surface area contributed by atoms with Gasteiger partial charge in [0, 0.05) is 31.3 Å². The number of fused-ring (bicyclic) bond motifs is 1. The summed E-state index contributed by atoms with van der Waals surface area (Å²) >= 11 is 1.33. The van der Waals surface area contributed by atoms with E-state index in [1.165, 1.54) is 33.7 Å². The van der Waals surface area contributed by atoms with Gasteiger partial charge in [-0.15, -0.1) is 5.10 Å². The molecule has 1 aromatic carbocycles. The molecule has 0 bridgehead atoms. The highest BCUT2D eigenvalue weighted by Gasteiger charge is 2.12. The Bertz CT molecular complexity index is 800. The van der Waals surface area contributed by atoms with E-state index in [1.54, 1.807) is 0 Å². The molecule has 2 heterocycles. The van der Waals surface area contributed by atoms with Gasteiger partial charge < -0.3 is 10.4 Å². The molecular weight excluding hydrogens is 300 g/mol. The minimum atomic E-state index is -0.190. The largest absolute Gasteiger partial charge is 0.396 e. The molecule has 0 radical (unpaired) electrons. The van der Waals surface area contributed by atoms with E-state index >= 15 is 0 Å². The van der Waals surface area contributed by atoms with Gasteiger partial charge in [0.2, 0.25) is 10.1 Å². The van der Waals surface area contributed by atoms with E-state index in [-0.39, 0.29) is 18.1 Å². The lowest BCUT2D eigenvalue weighted by atomic mass is 9.96. The van der Waals surface area contributed by atoms with Crippen molar-refractivity contribution in [2.75, 3.05) is 18.5 Å². The minimum absolute atomic E-state index is 0.127. The zero-order chi connectivity index (χ0) is 15.4. The number of aliphatic hydroxyl groups is 1. The van der Waals surface area contributed by atoms with Crippen LogP contribution in [0.25, 0.3) is 4.96 Å². The van der Waals surface area contributed by atoms with Gasteiger partial charge in [-0.05, 0) is 12.0 Å². The molecule has 0 aliphatic carbocycles. The maximum atomic E-state index is 11.7. The zero-order valence-corrected chi connectivity index (χ0v) is 12.7. The lowest BCUT2D eigenvalue weighted by Crippen LogP contribution is -2.15. The van der Waals surface area contributed by atoms with Gasteiger partial charge in [0.25, 0.3) is 5.56 Å². The van der Waals surface area contributed by atoms with Crippen molar-refractivity contribution in [1.29, 1.82) is 0 Å². The molecule has 2 aromatic heterocycles. The van der Waals surface area contributed by atoms with Gasteiger partial charge in [-0.2, -0.15) is 4.52 Å². The summed E-state index contributed by atoms with van der Waals surface area (Å²) in [7, 11) is 0. The number of aromatic nitrogens is 3. The minimum Gasteiger partial charge on any atom is -0.396 e. The third-order valence-corrected chi connectivity index (χ3v) is 4.30. The summed E-state index contributed by atoms with van der Waals surface area (Å²) in [5.41, 5.74) is 0.977. The Morgan fingerprint density at radius 3 is 2.82 bits per heavy atom. The van der Waals surface area contributed by atoms with Crippen molar-refractivity contribution < 1.29 is 5.11 Å². The van der Waals surface area contributed by atoms with Gasteiger partial charge in [-0.3, -0.25) is 4.79 Å². The summed E-state index contributed by atoms with van der Waals surface area (Å²) in [4.78, 5) is 16.3. The first-order valence-electron chi connectivity index (χ1n) is 7.02. The van der Waals surface area contributed by atoms with E-state index in [2.05, 4.69) is 15.4 Å². The lowest BCUT2D eigenvalue weighted by Gasteiger charge is -2.16. The van der Waals surface area contributed by atoms with Crippen molar-refractivity contribution in [3.8, 4) is 0 Å². The van der Waals surface area contributed by atoms with Crippen molar-refractivity contribution in [2.45, 2.75) is 12.3 Å². The van der Waals surface area contributed by atoms with Gasteiger partial charge >= 0.3 is 0 Å². The lowest BCUT2D eigenvalue weighted by molar-refractivity contribution is 0.277. The number of aliphatic hydroxyl groups excluding tert-OH is 1. The summed E-state index contributed by atoms with van der Waals surface area (Å²) in [6.45, 7) is 0.765. The van der Waals surface area contributed by atoms with E-state index < -0.39 is 0 Å². The number of hydrogen-bond donors (Lipinski definition) is 2. The maximum absolute atomic E-state index is 11.7. The molecule has 1 atom stereocenters. The number of benzene rings is 1. The Balaban J connectivity index is 1.76. The molecule has 114 valence electrons. The molecule has 7 heteroatoms. The third kappa shape index (κ3) is 3.15. The van der Waals surface area contributed by atoms with Crippen molar-refractivity contribution in [1.82, 2.24) is 14.6 Å². The smallest absolute Gasteiger partial charge is 0.275 e. The Labute approximate surface area is 131 Å². The van der Waals surface area contributed by atoms with Crippen LogP contribution >= 0.6 is 11.3 Å². The van der Waals surface area contributed by atoms with Crippen LogP contribution in [0.5, 0.6) is 0 Å². The van der Waals surface area contributed by atoms with E-state index in [1.807, 2.05) is 30.3 Å². The highest BCUT2D eigenvalue weighted by Crippen LogP contribution is 2.22.